The van der Waals surface area contributed by atoms with E-state index < -0.39 is 5.91 Å². The Bertz CT molecular complexity index is 997. The molecule has 1 amide bonds. The third-order valence-electron chi connectivity index (χ3n) is 4.22. The van der Waals surface area contributed by atoms with Crippen LogP contribution in [0.5, 0.6) is 11.5 Å². The van der Waals surface area contributed by atoms with Crippen LogP contribution >= 0.6 is 11.3 Å². The lowest BCUT2D eigenvalue weighted by molar-refractivity contribution is 0.100. The van der Waals surface area contributed by atoms with Crippen LogP contribution in [-0.4, -0.2) is 24.1 Å². The second-order valence-electron chi connectivity index (χ2n) is 5.77. The van der Waals surface area contributed by atoms with Gasteiger partial charge in [-0.1, -0.05) is 6.92 Å². The zero-order valence-corrected chi connectivity index (χ0v) is 14.5. The Labute approximate surface area is 148 Å². The van der Waals surface area contributed by atoms with E-state index in [1.165, 1.54) is 11.3 Å². The van der Waals surface area contributed by atoms with Gasteiger partial charge in [0.25, 0.3) is 5.91 Å². The molecule has 0 atom stereocenters. The number of hydrogen-bond donors (Lipinski definition) is 2. The summed E-state index contributed by atoms with van der Waals surface area (Å²) in [6, 6.07) is 7.77. The van der Waals surface area contributed by atoms with Crippen molar-refractivity contribution in [2.24, 2.45) is 5.73 Å². The molecule has 4 rings (SSSR count). The number of fused-ring (bicyclic) bond motifs is 2. The van der Waals surface area contributed by atoms with Crippen molar-refractivity contribution >= 4 is 33.1 Å². The van der Waals surface area contributed by atoms with Gasteiger partial charge >= 0.3 is 0 Å². The van der Waals surface area contributed by atoms with Gasteiger partial charge in [-0.15, -0.1) is 11.3 Å². The summed E-state index contributed by atoms with van der Waals surface area (Å²) >= 11 is 1.23. The maximum atomic E-state index is 11.6. The molecule has 0 unspecified atom stereocenters. The quantitative estimate of drug-likeness (QED) is 0.752. The number of hydrogen-bond acceptors (Lipinski definition) is 6. The number of anilines is 1. The molecule has 0 saturated carbocycles. The number of primary amides is 1. The van der Waals surface area contributed by atoms with Crippen LogP contribution in [0.3, 0.4) is 0 Å². The van der Waals surface area contributed by atoms with E-state index in [-0.39, 0.29) is 0 Å². The molecule has 0 bridgehead atoms. The van der Waals surface area contributed by atoms with Gasteiger partial charge in [-0.2, -0.15) is 0 Å². The molecule has 1 aliphatic rings. The molecule has 1 aromatic carbocycles. The van der Waals surface area contributed by atoms with Gasteiger partial charge in [-0.3, -0.25) is 4.79 Å². The minimum Gasteiger partial charge on any atom is -0.486 e. The van der Waals surface area contributed by atoms with E-state index in [9.17, 15) is 4.79 Å². The first-order valence-electron chi connectivity index (χ1n) is 8.00. The number of nitrogens with zero attached hydrogens (tertiary/aromatic N) is 1. The molecule has 0 spiro atoms. The number of thiophene rings is 1. The van der Waals surface area contributed by atoms with E-state index in [0.29, 0.717) is 29.5 Å². The third kappa shape index (κ3) is 2.56. The number of amides is 1. The first-order valence-corrected chi connectivity index (χ1v) is 8.82. The molecule has 0 radical (unpaired) electrons. The number of pyridine rings is 1. The summed E-state index contributed by atoms with van der Waals surface area (Å²) in [6.45, 7) is 3.14. The van der Waals surface area contributed by atoms with E-state index in [1.807, 2.05) is 31.2 Å². The molecule has 3 aromatic rings. The fourth-order valence-electron chi connectivity index (χ4n) is 3.01. The lowest BCUT2D eigenvalue weighted by Gasteiger charge is -2.18. The van der Waals surface area contributed by atoms with Crippen LogP contribution in [0.15, 0.2) is 24.3 Å². The molecular formula is C18H17N3O3S. The summed E-state index contributed by atoms with van der Waals surface area (Å²) in [5.74, 6) is 0.929. The van der Waals surface area contributed by atoms with Crippen molar-refractivity contribution in [2.75, 3.05) is 18.9 Å². The van der Waals surface area contributed by atoms with Gasteiger partial charge in [-0.05, 0) is 36.2 Å². The van der Waals surface area contributed by atoms with Crippen molar-refractivity contribution in [2.45, 2.75) is 13.3 Å². The monoisotopic (exact) mass is 355 g/mol. The summed E-state index contributed by atoms with van der Waals surface area (Å²) < 4.78 is 11.2. The summed E-state index contributed by atoms with van der Waals surface area (Å²) in [5.41, 5.74) is 14.7. The van der Waals surface area contributed by atoms with Crippen LogP contribution in [0.2, 0.25) is 0 Å². The van der Waals surface area contributed by atoms with Gasteiger partial charge < -0.3 is 20.9 Å². The molecule has 2 aromatic heterocycles. The summed E-state index contributed by atoms with van der Waals surface area (Å²) in [6.07, 6.45) is 0.774. The average Bonchev–Trinajstić information content (AvgIpc) is 2.97. The molecule has 128 valence electrons. The highest BCUT2D eigenvalue weighted by atomic mass is 32.1. The van der Waals surface area contributed by atoms with Crippen LogP contribution < -0.4 is 20.9 Å². The highest BCUT2D eigenvalue weighted by Crippen LogP contribution is 2.39. The van der Waals surface area contributed by atoms with Gasteiger partial charge in [0.2, 0.25) is 0 Å². The van der Waals surface area contributed by atoms with Gasteiger partial charge in [0.15, 0.2) is 11.5 Å². The summed E-state index contributed by atoms with van der Waals surface area (Å²) in [7, 11) is 0. The molecule has 0 saturated heterocycles. The number of rotatable bonds is 3. The fraction of sp³-hybridized carbons (Fsp3) is 0.222. The zero-order chi connectivity index (χ0) is 17.6. The smallest absolute Gasteiger partial charge is 0.260 e. The Morgan fingerprint density at radius 3 is 2.72 bits per heavy atom. The fourth-order valence-corrected chi connectivity index (χ4v) is 4.00. The van der Waals surface area contributed by atoms with E-state index in [2.05, 4.69) is 0 Å². The zero-order valence-electron chi connectivity index (χ0n) is 13.7. The molecule has 0 fully saturated rings. The maximum Gasteiger partial charge on any atom is 0.260 e. The van der Waals surface area contributed by atoms with Crippen molar-refractivity contribution in [3.63, 3.8) is 0 Å². The van der Waals surface area contributed by atoms with Crippen LogP contribution in [0, 0.1) is 0 Å². The van der Waals surface area contributed by atoms with E-state index >= 15 is 0 Å². The van der Waals surface area contributed by atoms with Crippen molar-refractivity contribution in [1.82, 2.24) is 4.98 Å². The summed E-state index contributed by atoms with van der Waals surface area (Å²) in [5, 5.41) is 0.822. The average molecular weight is 355 g/mol. The number of aromatic nitrogens is 1. The number of ether oxygens (including phenoxy) is 2. The molecule has 1 aliphatic heterocycles. The Balaban J connectivity index is 1.89. The minimum absolute atomic E-state index is 0.358. The number of aryl methyl sites for hydroxylation is 1. The Hall–Kier alpha value is -2.80. The van der Waals surface area contributed by atoms with Gasteiger partial charge in [0, 0.05) is 10.9 Å². The SMILES string of the molecule is CCc1cc(-c2ccc3c(c2)OCCO3)nc2sc(C(N)=O)c(N)c12. The van der Waals surface area contributed by atoms with E-state index in [4.69, 9.17) is 25.9 Å². The Kier molecular flexibility index (Phi) is 3.73. The first-order chi connectivity index (χ1) is 12.1. The van der Waals surface area contributed by atoms with Crippen LogP contribution in [0.25, 0.3) is 21.5 Å². The molecule has 7 heteroatoms. The highest BCUT2D eigenvalue weighted by molar-refractivity contribution is 7.21. The number of benzene rings is 1. The van der Waals surface area contributed by atoms with Crippen LogP contribution in [-0.2, 0) is 6.42 Å². The van der Waals surface area contributed by atoms with Gasteiger partial charge in [-0.25, -0.2) is 4.98 Å². The van der Waals surface area contributed by atoms with Crippen LogP contribution in [0.1, 0.15) is 22.2 Å². The number of carbonyl (C=O) groups excluding carboxylic acids is 1. The van der Waals surface area contributed by atoms with E-state index in [1.54, 1.807) is 0 Å². The minimum atomic E-state index is -0.525. The lowest BCUT2D eigenvalue weighted by atomic mass is 10.0. The van der Waals surface area contributed by atoms with Crippen molar-refractivity contribution < 1.29 is 14.3 Å². The molecule has 4 N–H and O–H groups in total. The third-order valence-corrected chi connectivity index (χ3v) is 5.34. The number of nitrogens with two attached hydrogens (primary N) is 2. The summed E-state index contributed by atoms with van der Waals surface area (Å²) in [4.78, 5) is 17.4. The maximum absolute atomic E-state index is 11.6. The second kappa shape index (κ2) is 5.93. The van der Waals surface area contributed by atoms with Crippen molar-refractivity contribution in [1.29, 1.82) is 0 Å². The first kappa shape index (κ1) is 15.7. The van der Waals surface area contributed by atoms with E-state index in [0.717, 1.165) is 39.2 Å². The number of carbonyl (C=O) groups is 1. The second-order valence-corrected chi connectivity index (χ2v) is 6.77. The molecule has 6 nitrogen and oxygen atoms in total. The molecule has 3 heterocycles. The Morgan fingerprint density at radius 1 is 1.24 bits per heavy atom. The topological polar surface area (TPSA) is 100 Å². The van der Waals surface area contributed by atoms with Crippen molar-refractivity contribution in [3.8, 4) is 22.8 Å². The highest BCUT2D eigenvalue weighted by Gasteiger charge is 2.19. The number of nitrogen functional groups attached to an aromatic ring is 1. The van der Waals surface area contributed by atoms with Crippen molar-refractivity contribution in [3.05, 3.63) is 34.7 Å². The lowest BCUT2D eigenvalue weighted by Crippen LogP contribution is -2.15. The Morgan fingerprint density at radius 2 is 2.00 bits per heavy atom. The predicted molar refractivity (Wildman–Crippen MR) is 98.4 cm³/mol. The van der Waals surface area contributed by atoms with Gasteiger partial charge in [0.1, 0.15) is 22.9 Å². The molecule has 0 aliphatic carbocycles. The van der Waals surface area contributed by atoms with Gasteiger partial charge in [0.05, 0.1) is 11.4 Å². The largest absolute Gasteiger partial charge is 0.486 e. The standard InChI is InChI=1S/C18H17N3O3S/c1-2-9-7-11(10-3-4-12-13(8-10)24-6-5-23-12)21-18-14(9)15(19)16(25-18)17(20)22/h3-4,7-8H,2,5-6,19H2,1H3,(H2,20,22). The molecule has 25 heavy (non-hydrogen) atoms. The van der Waals surface area contributed by atoms with Crippen LogP contribution in [0.4, 0.5) is 5.69 Å². The molecular weight excluding hydrogens is 338 g/mol. The normalized spacial score (nSPS) is 13.2. The predicted octanol–water partition coefficient (Wildman–Crippen LogP) is 2.98.